The van der Waals surface area contributed by atoms with E-state index >= 15 is 0 Å². The monoisotopic (exact) mass is 287 g/mol. The Morgan fingerprint density at radius 3 is 2.67 bits per heavy atom. The zero-order chi connectivity index (χ0) is 15.2. The Hall–Kier alpha value is -2.63. The van der Waals surface area contributed by atoms with Crippen molar-refractivity contribution < 1.29 is 14.3 Å². The molecule has 110 valence electrons. The first kappa shape index (κ1) is 14.8. The first-order chi connectivity index (χ1) is 10.1. The molecule has 6 nitrogen and oxygen atoms in total. The van der Waals surface area contributed by atoms with Crippen molar-refractivity contribution in [2.75, 3.05) is 12.4 Å². The van der Waals surface area contributed by atoms with Gasteiger partial charge in [-0.3, -0.25) is 14.3 Å². The largest absolute Gasteiger partial charge is 0.468 e. The van der Waals surface area contributed by atoms with Gasteiger partial charge in [0.2, 0.25) is 5.91 Å². The zero-order valence-electron chi connectivity index (χ0n) is 12.0. The van der Waals surface area contributed by atoms with Gasteiger partial charge in [-0.2, -0.15) is 5.10 Å². The number of amides is 1. The van der Waals surface area contributed by atoms with E-state index in [1.807, 2.05) is 31.2 Å². The lowest BCUT2D eigenvalue weighted by atomic mass is 10.1. The zero-order valence-corrected chi connectivity index (χ0v) is 12.0. The fourth-order valence-corrected chi connectivity index (χ4v) is 1.81. The summed E-state index contributed by atoms with van der Waals surface area (Å²) >= 11 is 0. The maximum Gasteiger partial charge on any atom is 0.327 e. The number of rotatable bonds is 5. The summed E-state index contributed by atoms with van der Waals surface area (Å²) < 4.78 is 5.96. The molecule has 1 heterocycles. The van der Waals surface area contributed by atoms with E-state index in [1.165, 1.54) is 18.0 Å². The lowest BCUT2D eigenvalue weighted by molar-refractivity contribution is -0.141. The van der Waals surface area contributed by atoms with Gasteiger partial charge in [-0.1, -0.05) is 29.8 Å². The molecular formula is C15H17N3O3. The van der Waals surface area contributed by atoms with E-state index < -0.39 is 5.97 Å². The molecular weight excluding hydrogens is 270 g/mol. The van der Waals surface area contributed by atoms with Gasteiger partial charge in [0.1, 0.15) is 6.54 Å². The van der Waals surface area contributed by atoms with Crippen LogP contribution in [0, 0.1) is 6.92 Å². The second-order valence-electron chi connectivity index (χ2n) is 4.71. The highest BCUT2D eigenvalue weighted by Crippen LogP contribution is 2.08. The Bertz CT molecular complexity index is 632. The Labute approximate surface area is 122 Å². The van der Waals surface area contributed by atoms with Crippen LogP contribution in [0.4, 0.5) is 5.69 Å². The molecule has 0 saturated carbocycles. The normalized spacial score (nSPS) is 10.2. The van der Waals surface area contributed by atoms with E-state index in [0.29, 0.717) is 12.1 Å². The van der Waals surface area contributed by atoms with Crippen LogP contribution in [-0.2, 0) is 27.3 Å². The van der Waals surface area contributed by atoms with Crippen LogP contribution in [0.1, 0.15) is 11.1 Å². The minimum Gasteiger partial charge on any atom is -0.468 e. The Morgan fingerprint density at radius 2 is 2.00 bits per heavy atom. The Morgan fingerprint density at radius 1 is 1.29 bits per heavy atom. The molecule has 1 N–H and O–H groups in total. The smallest absolute Gasteiger partial charge is 0.327 e. The molecule has 0 unspecified atom stereocenters. The number of ether oxygens (including phenoxy) is 1. The van der Waals surface area contributed by atoms with Crippen molar-refractivity contribution in [1.82, 2.24) is 9.78 Å². The SMILES string of the molecule is COC(=O)Cn1cc(NC(=O)Cc2ccc(C)cc2)cn1. The number of hydrogen-bond acceptors (Lipinski definition) is 4. The summed E-state index contributed by atoms with van der Waals surface area (Å²) in [5.74, 6) is -0.521. The number of esters is 1. The van der Waals surface area contributed by atoms with Crippen LogP contribution in [0.2, 0.25) is 0 Å². The summed E-state index contributed by atoms with van der Waals surface area (Å²) in [7, 11) is 1.32. The van der Waals surface area contributed by atoms with Crippen LogP contribution in [0.5, 0.6) is 0 Å². The average Bonchev–Trinajstić information content (AvgIpc) is 2.88. The van der Waals surface area contributed by atoms with Gasteiger partial charge in [-0.05, 0) is 12.5 Å². The van der Waals surface area contributed by atoms with Gasteiger partial charge in [0.15, 0.2) is 0 Å². The molecule has 0 aliphatic rings. The maximum atomic E-state index is 11.9. The first-order valence-corrected chi connectivity index (χ1v) is 6.51. The molecule has 1 aromatic carbocycles. The fourth-order valence-electron chi connectivity index (χ4n) is 1.81. The fraction of sp³-hybridized carbons (Fsp3) is 0.267. The van der Waals surface area contributed by atoms with Crippen LogP contribution in [0.25, 0.3) is 0 Å². The molecule has 0 aliphatic heterocycles. The van der Waals surface area contributed by atoms with E-state index in [2.05, 4.69) is 15.2 Å². The molecule has 1 amide bonds. The molecule has 0 bridgehead atoms. The third kappa shape index (κ3) is 4.45. The molecule has 0 atom stereocenters. The average molecular weight is 287 g/mol. The third-order valence-corrected chi connectivity index (χ3v) is 2.92. The number of nitrogens with zero attached hydrogens (tertiary/aromatic N) is 2. The van der Waals surface area contributed by atoms with Gasteiger partial charge < -0.3 is 10.1 Å². The lowest BCUT2D eigenvalue weighted by Gasteiger charge is -2.03. The Balaban J connectivity index is 1.90. The van der Waals surface area contributed by atoms with Crippen LogP contribution < -0.4 is 5.32 Å². The lowest BCUT2D eigenvalue weighted by Crippen LogP contribution is -2.14. The first-order valence-electron chi connectivity index (χ1n) is 6.51. The Kier molecular flexibility index (Phi) is 4.71. The van der Waals surface area contributed by atoms with Gasteiger partial charge in [0.05, 0.1) is 25.4 Å². The quantitative estimate of drug-likeness (QED) is 0.847. The maximum absolute atomic E-state index is 11.9. The van der Waals surface area contributed by atoms with Gasteiger partial charge in [0, 0.05) is 6.20 Å². The summed E-state index contributed by atoms with van der Waals surface area (Å²) in [6.07, 6.45) is 3.38. The molecule has 0 aliphatic carbocycles. The summed E-state index contributed by atoms with van der Waals surface area (Å²) in [5, 5.41) is 6.72. The summed E-state index contributed by atoms with van der Waals surface area (Å²) in [4.78, 5) is 23.0. The number of aromatic nitrogens is 2. The van der Waals surface area contributed by atoms with Crippen molar-refractivity contribution in [2.45, 2.75) is 19.9 Å². The number of benzene rings is 1. The highest BCUT2D eigenvalue weighted by atomic mass is 16.5. The number of aryl methyl sites for hydroxylation is 1. The van der Waals surface area contributed by atoms with Crippen LogP contribution in [-0.4, -0.2) is 28.8 Å². The second kappa shape index (κ2) is 6.69. The highest BCUT2D eigenvalue weighted by Gasteiger charge is 2.08. The topological polar surface area (TPSA) is 73.2 Å². The van der Waals surface area contributed by atoms with E-state index in [9.17, 15) is 9.59 Å². The summed E-state index contributed by atoms with van der Waals surface area (Å²) in [5.41, 5.74) is 2.65. The predicted molar refractivity (Wildman–Crippen MR) is 77.8 cm³/mol. The molecule has 0 radical (unpaired) electrons. The predicted octanol–water partition coefficient (Wildman–Crippen LogP) is 1.55. The van der Waals surface area contributed by atoms with Gasteiger partial charge in [-0.25, -0.2) is 0 Å². The molecule has 0 saturated heterocycles. The van der Waals surface area contributed by atoms with Gasteiger partial charge in [0.25, 0.3) is 0 Å². The number of methoxy groups -OCH3 is 1. The molecule has 21 heavy (non-hydrogen) atoms. The van der Waals surface area contributed by atoms with Crippen molar-refractivity contribution in [2.24, 2.45) is 0 Å². The summed E-state index contributed by atoms with van der Waals surface area (Å²) in [6.45, 7) is 2.02. The van der Waals surface area contributed by atoms with Crippen molar-refractivity contribution in [3.05, 3.63) is 47.8 Å². The standard InChI is InChI=1S/C15H17N3O3/c1-11-3-5-12(6-4-11)7-14(19)17-13-8-16-18(9-13)10-15(20)21-2/h3-6,8-9H,7,10H2,1-2H3,(H,17,19). The number of carbonyl (C=O) groups is 2. The minimum atomic E-state index is -0.393. The summed E-state index contributed by atoms with van der Waals surface area (Å²) in [6, 6.07) is 7.79. The highest BCUT2D eigenvalue weighted by molar-refractivity contribution is 5.92. The molecule has 6 heteroatoms. The van der Waals surface area contributed by atoms with Crippen molar-refractivity contribution in [3.8, 4) is 0 Å². The van der Waals surface area contributed by atoms with Crippen LogP contribution in [0.3, 0.4) is 0 Å². The molecule has 0 fully saturated rings. The number of nitrogens with one attached hydrogen (secondary N) is 1. The van der Waals surface area contributed by atoms with Crippen molar-refractivity contribution in [1.29, 1.82) is 0 Å². The van der Waals surface area contributed by atoms with Gasteiger partial charge >= 0.3 is 5.97 Å². The number of anilines is 1. The van der Waals surface area contributed by atoms with E-state index in [-0.39, 0.29) is 12.5 Å². The van der Waals surface area contributed by atoms with Gasteiger partial charge in [-0.15, -0.1) is 0 Å². The number of carbonyl (C=O) groups excluding carboxylic acids is 2. The van der Waals surface area contributed by atoms with Crippen LogP contribution in [0.15, 0.2) is 36.7 Å². The number of hydrogen-bond donors (Lipinski definition) is 1. The molecule has 1 aromatic heterocycles. The van der Waals surface area contributed by atoms with Crippen molar-refractivity contribution in [3.63, 3.8) is 0 Å². The van der Waals surface area contributed by atoms with Crippen LogP contribution >= 0.6 is 0 Å². The minimum absolute atomic E-state index is 0.0182. The van der Waals surface area contributed by atoms with E-state index in [0.717, 1.165) is 11.1 Å². The van der Waals surface area contributed by atoms with E-state index in [1.54, 1.807) is 6.20 Å². The van der Waals surface area contributed by atoms with E-state index in [4.69, 9.17) is 0 Å². The second-order valence-corrected chi connectivity index (χ2v) is 4.71. The molecule has 0 spiro atoms. The third-order valence-electron chi connectivity index (χ3n) is 2.92. The van der Waals surface area contributed by atoms with Crippen molar-refractivity contribution >= 4 is 17.6 Å². The molecule has 2 rings (SSSR count). The molecule has 2 aromatic rings.